The number of nitrogens with one attached hydrogen (secondary N) is 1. The maximum atomic E-state index is 5.55. The highest BCUT2D eigenvalue weighted by Gasteiger charge is 2.32. The topological polar surface area (TPSA) is 30.5 Å². The number of methoxy groups -OCH3 is 2. The van der Waals surface area contributed by atoms with Gasteiger partial charge in [0.2, 0.25) is 0 Å². The van der Waals surface area contributed by atoms with Crippen LogP contribution in [0.15, 0.2) is 18.2 Å². The molecule has 0 spiro atoms. The van der Waals surface area contributed by atoms with Crippen molar-refractivity contribution in [2.24, 2.45) is 0 Å². The van der Waals surface area contributed by atoms with Gasteiger partial charge in [0.15, 0.2) is 0 Å². The first-order chi connectivity index (χ1) is 10.1. The molecule has 1 aliphatic heterocycles. The highest BCUT2D eigenvalue weighted by Crippen LogP contribution is 2.43. The summed E-state index contributed by atoms with van der Waals surface area (Å²) in [6, 6.07) is 6.30. The number of hydrogen-bond donors (Lipinski definition) is 1. The average molecular weight is 328 g/mol. The highest BCUT2D eigenvalue weighted by molar-refractivity contribution is 8.07. The molecule has 0 aromatic heterocycles. The van der Waals surface area contributed by atoms with Crippen LogP contribution >= 0.6 is 23.5 Å². The van der Waals surface area contributed by atoms with Crippen LogP contribution in [0.5, 0.6) is 11.5 Å². The fourth-order valence-corrected chi connectivity index (χ4v) is 5.75. The summed E-state index contributed by atoms with van der Waals surface area (Å²) in [5.41, 5.74) is 1.18. The Morgan fingerprint density at radius 2 is 1.95 bits per heavy atom. The van der Waals surface area contributed by atoms with Crippen molar-refractivity contribution in [1.82, 2.24) is 5.32 Å². The molecule has 0 radical (unpaired) electrons. The summed E-state index contributed by atoms with van der Waals surface area (Å²) in [5, 5.41) is 5.40. The third-order valence-electron chi connectivity index (χ3n) is 4.03. The lowest BCUT2D eigenvalue weighted by atomic mass is 10.0. The molecule has 1 N–H and O–H groups in total. The summed E-state index contributed by atoms with van der Waals surface area (Å²) in [6.07, 6.45) is 0. The first kappa shape index (κ1) is 16.8. The minimum Gasteiger partial charge on any atom is -0.497 e. The molecule has 5 heteroatoms. The predicted octanol–water partition coefficient (Wildman–Crippen LogP) is 3.59. The molecule has 1 aromatic rings. The van der Waals surface area contributed by atoms with Crippen LogP contribution in [0.25, 0.3) is 0 Å². The van der Waals surface area contributed by atoms with E-state index in [9.17, 15) is 0 Å². The molecule has 1 heterocycles. The lowest BCUT2D eigenvalue weighted by Crippen LogP contribution is -2.36. The van der Waals surface area contributed by atoms with Crippen molar-refractivity contribution < 1.29 is 9.47 Å². The van der Waals surface area contributed by atoms with Gasteiger partial charge in [0, 0.05) is 33.1 Å². The summed E-state index contributed by atoms with van der Waals surface area (Å²) in [4.78, 5) is 0. The standard InChI is InChI=1S/C16H25NO2S2/c1-10-11(2)21-15(9-20-10)16(17-3)13-8-12(18-4)6-7-14(13)19-5/h6-8,10-11,15-17H,9H2,1-5H3. The molecule has 3 nitrogen and oxygen atoms in total. The first-order valence-electron chi connectivity index (χ1n) is 7.27. The molecule has 1 fully saturated rings. The maximum Gasteiger partial charge on any atom is 0.123 e. The zero-order valence-corrected chi connectivity index (χ0v) is 15.0. The van der Waals surface area contributed by atoms with Crippen molar-refractivity contribution in [2.75, 3.05) is 27.0 Å². The Morgan fingerprint density at radius 3 is 2.52 bits per heavy atom. The molecular formula is C16H25NO2S2. The van der Waals surface area contributed by atoms with Gasteiger partial charge in [-0.3, -0.25) is 0 Å². The van der Waals surface area contributed by atoms with Gasteiger partial charge in [0.1, 0.15) is 11.5 Å². The van der Waals surface area contributed by atoms with Crippen LogP contribution in [0.2, 0.25) is 0 Å². The first-order valence-corrected chi connectivity index (χ1v) is 9.26. The normalized spacial score (nSPS) is 27.2. The monoisotopic (exact) mass is 327 g/mol. The molecular weight excluding hydrogens is 302 g/mol. The van der Waals surface area contributed by atoms with Gasteiger partial charge >= 0.3 is 0 Å². The van der Waals surface area contributed by atoms with Gasteiger partial charge in [0.05, 0.1) is 14.2 Å². The average Bonchev–Trinajstić information content (AvgIpc) is 2.51. The number of benzene rings is 1. The minimum absolute atomic E-state index is 0.266. The number of rotatable bonds is 5. The number of ether oxygens (including phenoxy) is 2. The van der Waals surface area contributed by atoms with Crippen LogP contribution in [0.4, 0.5) is 0 Å². The quantitative estimate of drug-likeness (QED) is 0.893. The van der Waals surface area contributed by atoms with E-state index in [2.05, 4.69) is 48.8 Å². The van der Waals surface area contributed by atoms with E-state index < -0.39 is 0 Å². The van der Waals surface area contributed by atoms with Gasteiger partial charge in [-0.1, -0.05) is 13.8 Å². The molecule has 4 unspecified atom stereocenters. The van der Waals surface area contributed by atoms with Crippen LogP contribution in [0.3, 0.4) is 0 Å². The second kappa shape index (κ2) is 7.65. The van der Waals surface area contributed by atoms with Crippen molar-refractivity contribution in [2.45, 2.75) is 35.6 Å². The van der Waals surface area contributed by atoms with Crippen molar-refractivity contribution >= 4 is 23.5 Å². The van der Waals surface area contributed by atoms with E-state index in [4.69, 9.17) is 9.47 Å². The summed E-state index contributed by atoms with van der Waals surface area (Å²) in [7, 11) is 5.46. The maximum absolute atomic E-state index is 5.55. The Bertz CT molecular complexity index is 470. The Hall–Kier alpha value is -0.520. The Balaban J connectivity index is 2.28. The summed E-state index contributed by atoms with van der Waals surface area (Å²) >= 11 is 4.14. The summed E-state index contributed by atoms with van der Waals surface area (Å²) in [5.74, 6) is 2.95. The lowest BCUT2D eigenvalue weighted by molar-refractivity contribution is 0.391. The molecule has 0 bridgehead atoms. The lowest BCUT2D eigenvalue weighted by Gasteiger charge is -2.36. The SMILES string of the molecule is CNC(c1cc(OC)ccc1OC)C1CSC(C)C(C)S1. The molecule has 0 aliphatic carbocycles. The second-order valence-corrected chi connectivity index (χ2v) is 8.32. The largest absolute Gasteiger partial charge is 0.497 e. The fourth-order valence-electron chi connectivity index (χ4n) is 2.61. The van der Waals surface area contributed by atoms with Crippen LogP contribution in [0.1, 0.15) is 25.5 Å². The molecule has 1 aliphatic rings. The summed E-state index contributed by atoms with van der Waals surface area (Å²) < 4.78 is 10.9. The predicted molar refractivity (Wildman–Crippen MR) is 94.1 cm³/mol. The van der Waals surface area contributed by atoms with Crippen LogP contribution in [0, 0.1) is 0 Å². The molecule has 0 amide bonds. The molecule has 4 atom stereocenters. The zero-order valence-electron chi connectivity index (χ0n) is 13.4. The van der Waals surface area contributed by atoms with E-state index in [1.54, 1.807) is 14.2 Å². The van der Waals surface area contributed by atoms with Crippen molar-refractivity contribution in [3.63, 3.8) is 0 Å². The molecule has 1 saturated heterocycles. The molecule has 0 saturated carbocycles. The van der Waals surface area contributed by atoms with Crippen molar-refractivity contribution in [3.05, 3.63) is 23.8 Å². The van der Waals surface area contributed by atoms with Gasteiger partial charge < -0.3 is 14.8 Å². The van der Waals surface area contributed by atoms with Gasteiger partial charge in [-0.05, 0) is 25.2 Å². The highest BCUT2D eigenvalue weighted by atomic mass is 32.2. The molecule has 1 aromatic carbocycles. The molecule has 118 valence electrons. The van der Waals surface area contributed by atoms with Gasteiger partial charge in [-0.2, -0.15) is 23.5 Å². The number of hydrogen-bond acceptors (Lipinski definition) is 5. The Morgan fingerprint density at radius 1 is 1.19 bits per heavy atom. The van der Waals surface area contributed by atoms with Gasteiger partial charge in [-0.25, -0.2) is 0 Å². The smallest absolute Gasteiger partial charge is 0.123 e. The Kier molecular flexibility index (Phi) is 6.14. The fraction of sp³-hybridized carbons (Fsp3) is 0.625. The van der Waals surface area contributed by atoms with Crippen molar-refractivity contribution in [1.29, 1.82) is 0 Å². The Labute approximate surface area is 136 Å². The number of thioether (sulfide) groups is 2. The zero-order chi connectivity index (χ0) is 15.4. The van der Waals surface area contributed by atoms with E-state index in [0.29, 0.717) is 10.5 Å². The van der Waals surface area contributed by atoms with E-state index in [-0.39, 0.29) is 6.04 Å². The van der Waals surface area contributed by atoms with Gasteiger partial charge in [-0.15, -0.1) is 0 Å². The molecule has 2 rings (SSSR count). The van der Waals surface area contributed by atoms with Crippen LogP contribution in [-0.2, 0) is 0 Å². The van der Waals surface area contributed by atoms with E-state index in [0.717, 1.165) is 22.5 Å². The van der Waals surface area contributed by atoms with Crippen LogP contribution < -0.4 is 14.8 Å². The van der Waals surface area contributed by atoms with Crippen LogP contribution in [-0.4, -0.2) is 42.8 Å². The third-order valence-corrected chi connectivity index (χ3v) is 7.52. The summed E-state index contributed by atoms with van der Waals surface area (Å²) in [6.45, 7) is 4.64. The minimum atomic E-state index is 0.266. The van der Waals surface area contributed by atoms with E-state index >= 15 is 0 Å². The third kappa shape index (κ3) is 3.82. The van der Waals surface area contributed by atoms with E-state index in [1.807, 2.05) is 19.2 Å². The van der Waals surface area contributed by atoms with Gasteiger partial charge in [0.25, 0.3) is 0 Å². The van der Waals surface area contributed by atoms with Crippen molar-refractivity contribution in [3.8, 4) is 11.5 Å². The van der Waals surface area contributed by atoms with E-state index in [1.165, 1.54) is 5.56 Å². The second-order valence-electron chi connectivity index (χ2n) is 5.29. The molecule has 21 heavy (non-hydrogen) atoms.